The molecule has 1 heterocycles. The van der Waals surface area contributed by atoms with Crippen LogP contribution in [0.25, 0.3) is 0 Å². The summed E-state index contributed by atoms with van der Waals surface area (Å²) in [4.78, 5) is 13.9. The van der Waals surface area contributed by atoms with E-state index in [0.29, 0.717) is 30.1 Å². The first-order chi connectivity index (χ1) is 11.7. The van der Waals surface area contributed by atoms with E-state index in [0.717, 1.165) is 19.6 Å². The molecule has 1 aliphatic heterocycles. The first-order valence-corrected chi connectivity index (χ1v) is 8.52. The molecule has 2 rings (SSSR count). The maximum atomic E-state index is 11.4. The highest BCUT2D eigenvalue weighted by Gasteiger charge is 2.20. The number of methoxy groups -OCH3 is 1. The monoisotopic (exact) mass is 369 g/mol. The normalized spacial score (nSPS) is 15.7. The molecule has 1 N–H and O–H groups in total. The molecule has 1 atom stereocenters. The zero-order valence-electron chi connectivity index (χ0n) is 14.8. The average molecular weight is 370 g/mol. The van der Waals surface area contributed by atoms with Crippen molar-refractivity contribution in [2.75, 3.05) is 33.4 Å². The number of carboxylic acids is 1. The topological polar surface area (TPSA) is 59.0 Å². The summed E-state index contributed by atoms with van der Waals surface area (Å²) >= 11 is 0. The molecule has 0 radical (unpaired) electrons. The number of hydrogen-bond donors (Lipinski definition) is 1. The lowest BCUT2D eigenvalue weighted by Crippen LogP contribution is -2.33. The molecule has 0 aliphatic carbocycles. The fourth-order valence-electron chi connectivity index (χ4n) is 3.04. The van der Waals surface area contributed by atoms with E-state index in [1.165, 1.54) is 19.3 Å². The highest BCUT2D eigenvalue weighted by molar-refractivity contribution is 5.85. The van der Waals surface area contributed by atoms with Crippen LogP contribution in [0.4, 0.5) is 0 Å². The number of halogens is 1. The van der Waals surface area contributed by atoms with E-state index in [1.54, 1.807) is 31.4 Å². The van der Waals surface area contributed by atoms with Crippen molar-refractivity contribution in [3.05, 3.63) is 36.4 Å². The maximum absolute atomic E-state index is 11.4. The summed E-state index contributed by atoms with van der Waals surface area (Å²) in [5.74, 6) is -0.250. The summed E-state index contributed by atoms with van der Waals surface area (Å²) in [6, 6.07) is 5.32. The number of piperidine rings is 1. The van der Waals surface area contributed by atoms with Gasteiger partial charge in [0, 0.05) is 6.54 Å². The van der Waals surface area contributed by atoms with Crippen molar-refractivity contribution in [3.8, 4) is 11.5 Å². The van der Waals surface area contributed by atoms with Gasteiger partial charge in [0.1, 0.15) is 6.61 Å². The van der Waals surface area contributed by atoms with Crippen molar-refractivity contribution in [3.63, 3.8) is 0 Å². The molecule has 0 aromatic heterocycles. The molecule has 25 heavy (non-hydrogen) atoms. The third-order valence-electron chi connectivity index (χ3n) is 4.40. The fourth-order valence-corrected chi connectivity index (χ4v) is 3.04. The number of likely N-dealkylation sites (tertiary alicyclic amines) is 1. The number of carboxylic acid groups (broad SMARTS) is 1. The van der Waals surface area contributed by atoms with E-state index in [2.05, 4.69) is 11.5 Å². The smallest absolute Gasteiger partial charge is 0.311 e. The Labute approximate surface area is 156 Å². The van der Waals surface area contributed by atoms with Crippen molar-refractivity contribution < 1.29 is 19.4 Å². The zero-order valence-corrected chi connectivity index (χ0v) is 15.6. The summed E-state index contributed by atoms with van der Waals surface area (Å²) in [5, 5.41) is 9.39. The van der Waals surface area contributed by atoms with Gasteiger partial charge in [0.25, 0.3) is 0 Å². The molecule has 6 heteroatoms. The second kappa shape index (κ2) is 11.0. The molecule has 140 valence electrons. The van der Waals surface area contributed by atoms with Crippen LogP contribution in [-0.4, -0.2) is 49.3 Å². The Hall–Kier alpha value is -1.72. The molecule has 1 aromatic rings. The van der Waals surface area contributed by atoms with E-state index in [4.69, 9.17) is 9.47 Å². The predicted molar refractivity (Wildman–Crippen MR) is 101 cm³/mol. The van der Waals surface area contributed by atoms with Crippen LogP contribution in [-0.2, 0) is 4.79 Å². The standard InChI is InChI=1S/C19H27NO4.ClH/c1-3-7-16(19(21)22)15-8-9-17(23-2)18(14-15)24-13-12-20-10-5-4-6-11-20;/h3,8-9,14,16H,1,4-7,10-13H2,2H3,(H,21,22);1H. The molecule has 5 nitrogen and oxygen atoms in total. The lowest BCUT2D eigenvalue weighted by atomic mass is 9.95. The van der Waals surface area contributed by atoms with Gasteiger partial charge < -0.3 is 14.6 Å². The summed E-state index contributed by atoms with van der Waals surface area (Å²) in [5.41, 5.74) is 0.705. The predicted octanol–water partition coefficient (Wildman–Crippen LogP) is 3.73. The molecular weight excluding hydrogens is 342 g/mol. The van der Waals surface area contributed by atoms with Crippen molar-refractivity contribution >= 4 is 18.4 Å². The van der Waals surface area contributed by atoms with E-state index >= 15 is 0 Å². The van der Waals surface area contributed by atoms with Crippen molar-refractivity contribution in [1.82, 2.24) is 4.90 Å². The quantitative estimate of drug-likeness (QED) is 0.672. The van der Waals surface area contributed by atoms with Crippen LogP contribution in [0.5, 0.6) is 11.5 Å². The molecule has 1 aliphatic rings. The Bertz CT molecular complexity index is 558. The van der Waals surface area contributed by atoms with Crippen LogP contribution in [0.1, 0.15) is 37.2 Å². The van der Waals surface area contributed by atoms with E-state index in [-0.39, 0.29) is 12.4 Å². The Morgan fingerprint density at radius 1 is 1.32 bits per heavy atom. The van der Waals surface area contributed by atoms with Crippen molar-refractivity contribution in [1.29, 1.82) is 0 Å². The second-order valence-electron chi connectivity index (χ2n) is 6.08. The highest BCUT2D eigenvalue weighted by Crippen LogP contribution is 2.32. The fraction of sp³-hybridized carbons (Fsp3) is 0.526. The maximum Gasteiger partial charge on any atom is 0.311 e. The van der Waals surface area contributed by atoms with E-state index in [9.17, 15) is 9.90 Å². The molecule has 1 aromatic carbocycles. The minimum atomic E-state index is -0.862. The molecule has 0 spiro atoms. The van der Waals surface area contributed by atoms with Gasteiger partial charge >= 0.3 is 5.97 Å². The highest BCUT2D eigenvalue weighted by atomic mass is 35.5. The molecule has 1 fully saturated rings. The number of allylic oxidation sites excluding steroid dienone is 1. The number of rotatable bonds is 9. The Kier molecular flexibility index (Phi) is 9.39. The first kappa shape index (κ1) is 21.3. The minimum absolute atomic E-state index is 0. The van der Waals surface area contributed by atoms with Gasteiger partial charge in [0.05, 0.1) is 13.0 Å². The molecule has 0 bridgehead atoms. The summed E-state index contributed by atoms with van der Waals surface area (Å²) < 4.78 is 11.2. The Morgan fingerprint density at radius 2 is 2.04 bits per heavy atom. The number of nitrogens with zero attached hydrogens (tertiary/aromatic N) is 1. The van der Waals surface area contributed by atoms with Crippen LogP contribution < -0.4 is 9.47 Å². The summed E-state index contributed by atoms with van der Waals surface area (Å²) in [6.07, 6.45) is 5.82. The molecule has 0 amide bonds. The van der Waals surface area contributed by atoms with Gasteiger partial charge in [0.2, 0.25) is 0 Å². The third kappa shape index (κ3) is 6.25. The van der Waals surface area contributed by atoms with Crippen LogP contribution in [0.15, 0.2) is 30.9 Å². The molecule has 1 saturated heterocycles. The number of ether oxygens (including phenoxy) is 2. The zero-order chi connectivity index (χ0) is 17.4. The lowest BCUT2D eigenvalue weighted by Gasteiger charge is -2.26. The minimum Gasteiger partial charge on any atom is -0.493 e. The second-order valence-corrected chi connectivity index (χ2v) is 6.08. The van der Waals surface area contributed by atoms with Crippen LogP contribution in [0.2, 0.25) is 0 Å². The van der Waals surface area contributed by atoms with Gasteiger partial charge in [-0.2, -0.15) is 0 Å². The number of benzene rings is 1. The van der Waals surface area contributed by atoms with Gasteiger partial charge in [0.15, 0.2) is 11.5 Å². The van der Waals surface area contributed by atoms with Crippen LogP contribution >= 0.6 is 12.4 Å². The van der Waals surface area contributed by atoms with Crippen molar-refractivity contribution in [2.45, 2.75) is 31.6 Å². The number of hydrogen-bond acceptors (Lipinski definition) is 4. The molecule has 0 saturated carbocycles. The summed E-state index contributed by atoms with van der Waals surface area (Å²) in [6.45, 7) is 7.34. The van der Waals surface area contributed by atoms with E-state index < -0.39 is 11.9 Å². The number of aliphatic carboxylic acids is 1. The SMILES string of the molecule is C=CCC(C(=O)O)c1ccc(OC)c(OCCN2CCCCC2)c1.Cl. The summed E-state index contributed by atoms with van der Waals surface area (Å²) in [7, 11) is 1.59. The van der Waals surface area contributed by atoms with Crippen LogP contribution in [0.3, 0.4) is 0 Å². The molecular formula is C19H28ClNO4. The van der Waals surface area contributed by atoms with Gasteiger partial charge in [-0.25, -0.2) is 0 Å². The number of carbonyl (C=O) groups is 1. The van der Waals surface area contributed by atoms with Crippen molar-refractivity contribution in [2.24, 2.45) is 0 Å². The molecule has 1 unspecified atom stereocenters. The third-order valence-corrected chi connectivity index (χ3v) is 4.40. The van der Waals surface area contributed by atoms with Gasteiger partial charge in [-0.3, -0.25) is 9.69 Å². The first-order valence-electron chi connectivity index (χ1n) is 8.52. The average Bonchev–Trinajstić information content (AvgIpc) is 2.60. The van der Waals surface area contributed by atoms with Gasteiger partial charge in [-0.15, -0.1) is 19.0 Å². The Balaban J connectivity index is 0.00000312. The van der Waals surface area contributed by atoms with Gasteiger partial charge in [-0.05, 0) is 50.0 Å². The largest absolute Gasteiger partial charge is 0.493 e. The van der Waals surface area contributed by atoms with Crippen LogP contribution in [0, 0.1) is 0 Å². The lowest BCUT2D eigenvalue weighted by molar-refractivity contribution is -0.138. The van der Waals surface area contributed by atoms with Gasteiger partial charge in [-0.1, -0.05) is 18.6 Å². The van der Waals surface area contributed by atoms with E-state index in [1.807, 2.05) is 0 Å². The Morgan fingerprint density at radius 3 is 2.64 bits per heavy atom.